The summed E-state index contributed by atoms with van der Waals surface area (Å²) in [6.45, 7) is 7.80. The zero-order valence-corrected chi connectivity index (χ0v) is 31.7. The molecule has 56 heavy (non-hydrogen) atoms. The monoisotopic (exact) mass is 756 g/mol. The molecule has 6 aromatic rings. The predicted molar refractivity (Wildman–Crippen MR) is 211 cm³/mol. The molecule has 0 aliphatic heterocycles. The van der Waals surface area contributed by atoms with Crippen molar-refractivity contribution in [2.45, 2.75) is 84.2 Å². The summed E-state index contributed by atoms with van der Waals surface area (Å²) >= 11 is 0. The Kier molecular flexibility index (Phi) is 10.6. The number of nitrogens with zero attached hydrogens (tertiary/aromatic N) is 7. The number of ether oxygens (including phenoxy) is 1. The summed E-state index contributed by atoms with van der Waals surface area (Å²) in [4.78, 5) is 58.2. The second-order valence-corrected chi connectivity index (χ2v) is 14.9. The third-order valence-electron chi connectivity index (χ3n) is 9.13. The van der Waals surface area contributed by atoms with E-state index in [-0.39, 0.29) is 11.9 Å². The third kappa shape index (κ3) is 8.57. The lowest BCUT2D eigenvalue weighted by Gasteiger charge is -2.27. The number of benzene rings is 2. The molecule has 15 nitrogen and oxygen atoms in total. The van der Waals surface area contributed by atoms with E-state index < -0.39 is 11.7 Å². The smallest absolute Gasteiger partial charge is 0.416 e. The van der Waals surface area contributed by atoms with Gasteiger partial charge in [-0.2, -0.15) is 19.2 Å². The number of carbonyl (C=O) groups is 4. The number of carbonyl (C=O) groups excluding carboxylic acids is 4. The molecule has 2 aliphatic rings. The van der Waals surface area contributed by atoms with Gasteiger partial charge >= 0.3 is 6.09 Å². The highest BCUT2D eigenvalue weighted by Gasteiger charge is 2.38. The molecule has 2 aromatic carbocycles. The second-order valence-electron chi connectivity index (χ2n) is 14.9. The van der Waals surface area contributed by atoms with E-state index >= 15 is 0 Å². The van der Waals surface area contributed by atoms with Gasteiger partial charge in [-0.25, -0.2) is 14.8 Å². The Labute approximate surface area is 323 Å². The Balaban J connectivity index is 0.000000182. The van der Waals surface area contributed by atoms with Crippen molar-refractivity contribution in [1.82, 2.24) is 34.5 Å². The molecular formula is C41H44N10O5. The summed E-state index contributed by atoms with van der Waals surface area (Å²) in [6, 6.07) is 19.8. The Bertz CT molecular complexity index is 2440. The topological polar surface area (TPSA) is 191 Å². The van der Waals surface area contributed by atoms with Gasteiger partial charge in [-0.05, 0) is 69.7 Å². The average Bonchev–Trinajstić information content (AvgIpc) is 4.11. The molecule has 288 valence electrons. The molecule has 0 saturated heterocycles. The highest BCUT2D eigenvalue weighted by Crippen LogP contribution is 2.36. The molecule has 8 rings (SSSR count). The lowest BCUT2D eigenvalue weighted by Crippen LogP contribution is -2.39. The number of aldehydes is 2. The van der Waals surface area contributed by atoms with Gasteiger partial charge in [0.25, 0.3) is 0 Å². The highest BCUT2D eigenvalue weighted by molar-refractivity contribution is 5.91. The van der Waals surface area contributed by atoms with Crippen molar-refractivity contribution in [3.05, 3.63) is 95.3 Å². The molecular weight excluding hydrogens is 713 g/mol. The SMILES string of the molecule is CC(=O)NCc1cccc(-c2cc(N(C(=O)OC(C)(C)C)C3CC3)n3ncc(C=O)c3n2)c1.NCc1cccc(-c2cc(NC3CC3)n3ncc(C=O)c3n2)c1. The summed E-state index contributed by atoms with van der Waals surface area (Å²) in [6.07, 6.45) is 8.03. The maximum atomic E-state index is 13.1. The van der Waals surface area contributed by atoms with Gasteiger partial charge < -0.3 is 21.1 Å². The second kappa shape index (κ2) is 15.7. The number of amides is 2. The van der Waals surface area contributed by atoms with E-state index in [4.69, 9.17) is 10.5 Å². The molecule has 0 atom stereocenters. The largest absolute Gasteiger partial charge is 0.443 e. The van der Waals surface area contributed by atoms with E-state index in [9.17, 15) is 19.2 Å². The Morgan fingerprint density at radius 1 is 0.857 bits per heavy atom. The Morgan fingerprint density at radius 2 is 1.45 bits per heavy atom. The van der Waals surface area contributed by atoms with Crippen molar-refractivity contribution in [1.29, 1.82) is 0 Å². The van der Waals surface area contributed by atoms with Crippen LogP contribution in [0.1, 0.15) is 85.2 Å². The number of fused-ring (bicyclic) bond motifs is 2. The van der Waals surface area contributed by atoms with E-state index in [0.29, 0.717) is 59.4 Å². The van der Waals surface area contributed by atoms with Gasteiger partial charge in [0.15, 0.2) is 23.9 Å². The molecule has 4 N–H and O–H groups in total. The molecule has 2 aliphatic carbocycles. The Hall–Kier alpha value is -6.48. The predicted octanol–water partition coefficient (Wildman–Crippen LogP) is 5.99. The lowest BCUT2D eigenvalue weighted by atomic mass is 10.1. The number of nitrogens with one attached hydrogen (secondary N) is 2. The fourth-order valence-corrected chi connectivity index (χ4v) is 6.12. The molecule has 2 saturated carbocycles. The van der Waals surface area contributed by atoms with Gasteiger partial charge in [-0.3, -0.25) is 19.3 Å². The number of nitrogens with two attached hydrogens (primary N) is 1. The maximum Gasteiger partial charge on any atom is 0.416 e. The quantitative estimate of drug-likeness (QED) is 0.132. The number of hydrogen-bond acceptors (Lipinski definition) is 11. The van der Waals surface area contributed by atoms with Crippen LogP contribution in [0, 0.1) is 0 Å². The molecule has 2 amide bonds. The molecule has 4 aromatic heterocycles. The van der Waals surface area contributed by atoms with E-state index in [1.54, 1.807) is 21.7 Å². The maximum absolute atomic E-state index is 13.1. The van der Waals surface area contributed by atoms with Crippen LogP contribution < -0.4 is 21.3 Å². The van der Waals surface area contributed by atoms with Crippen molar-refractivity contribution < 1.29 is 23.9 Å². The first-order valence-electron chi connectivity index (χ1n) is 18.5. The van der Waals surface area contributed by atoms with E-state index in [1.807, 2.05) is 75.4 Å². The minimum atomic E-state index is -0.657. The lowest BCUT2D eigenvalue weighted by molar-refractivity contribution is -0.119. The van der Waals surface area contributed by atoms with Gasteiger partial charge in [-0.1, -0.05) is 36.4 Å². The summed E-state index contributed by atoms with van der Waals surface area (Å²) in [5, 5.41) is 14.8. The van der Waals surface area contributed by atoms with Crippen LogP contribution in [0.15, 0.2) is 73.1 Å². The molecule has 0 radical (unpaired) electrons. The van der Waals surface area contributed by atoms with E-state index in [0.717, 1.165) is 65.7 Å². The Morgan fingerprint density at radius 3 is 2.02 bits per heavy atom. The van der Waals surface area contributed by atoms with Crippen LogP contribution in [0.25, 0.3) is 33.8 Å². The number of aromatic nitrogens is 6. The standard InChI is InChI=1S/C24H27N5O4.C17H17N5O/c1-15(31)25-12-16-6-5-7-17(10-16)20-11-21(29-22(27-20)18(14-30)13-26-29)28(19-8-9-19)23(32)33-24(2,3)4;18-8-11-2-1-3-12(6-11)15-7-16(20-14-4-5-14)22-17(21-15)13(10-23)9-19-22/h5-7,10-11,13-14,19H,8-9,12H2,1-4H3,(H,25,31);1-3,6-7,9-10,14,20H,4-5,8,18H2. The molecule has 0 unspecified atom stereocenters. The van der Waals surface area contributed by atoms with Crippen molar-refractivity contribution in [3.8, 4) is 22.5 Å². The van der Waals surface area contributed by atoms with Crippen molar-refractivity contribution in [2.75, 3.05) is 10.2 Å². The summed E-state index contributed by atoms with van der Waals surface area (Å²) in [7, 11) is 0. The van der Waals surface area contributed by atoms with Crippen LogP contribution in [-0.2, 0) is 22.6 Å². The molecule has 0 spiro atoms. The van der Waals surface area contributed by atoms with Crippen LogP contribution in [0.3, 0.4) is 0 Å². The normalized spacial score (nSPS) is 13.8. The van der Waals surface area contributed by atoms with Crippen molar-refractivity contribution in [3.63, 3.8) is 0 Å². The first-order chi connectivity index (χ1) is 26.9. The molecule has 0 bridgehead atoms. The van der Waals surface area contributed by atoms with Crippen LogP contribution in [-0.4, -0.2) is 71.5 Å². The van der Waals surface area contributed by atoms with Crippen LogP contribution in [0.4, 0.5) is 16.4 Å². The molecule has 4 heterocycles. The minimum Gasteiger partial charge on any atom is -0.443 e. The fraction of sp³-hybridized carbons (Fsp3) is 0.317. The molecule has 15 heteroatoms. The third-order valence-corrected chi connectivity index (χ3v) is 9.13. The van der Waals surface area contributed by atoms with Crippen LogP contribution >= 0.6 is 0 Å². The zero-order chi connectivity index (χ0) is 39.6. The van der Waals surface area contributed by atoms with Crippen molar-refractivity contribution in [2.24, 2.45) is 5.73 Å². The van der Waals surface area contributed by atoms with Gasteiger partial charge in [0, 0.05) is 55.4 Å². The summed E-state index contributed by atoms with van der Waals surface area (Å²) < 4.78 is 8.88. The summed E-state index contributed by atoms with van der Waals surface area (Å²) in [5.41, 5.74) is 11.9. The fourth-order valence-electron chi connectivity index (χ4n) is 6.12. The number of rotatable bonds is 11. The number of anilines is 2. The molecule has 2 fully saturated rings. The van der Waals surface area contributed by atoms with E-state index in [2.05, 4.69) is 30.8 Å². The van der Waals surface area contributed by atoms with Gasteiger partial charge in [0.1, 0.15) is 17.2 Å². The van der Waals surface area contributed by atoms with Crippen molar-refractivity contribution >= 4 is 47.5 Å². The number of hydrogen-bond donors (Lipinski definition) is 3. The van der Waals surface area contributed by atoms with Crippen LogP contribution in [0.5, 0.6) is 0 Å². The van der Waals surface area contributed by atoms with Crippen LogP contribution in [0.2, 0.25) is 0 Å². The van der Waals surface area contributed by atoms with Gasteiger partial charge in [0.05, 0.1) is 34.9 Å². The highest BCUT2D eigenvalue weighted by atomic mass is 16.6. The average molecular weight is 757 g/mol. The van der Waals surface area contributed by atoms with E-state index in [1.165, 1.54) is 17.6 Å². The minimum absolute atomic E-state index is 0.00622. The summed E-state index contributed by atoms with van der Waals surface area (Å²) in [5.74, 6) is 1.24. The first kappa shape index (κ1) is 37.8. The van der Waals surface area contributed by atoms with Gasteiger partial charge in [-0.15, -0.1) is 0 Å². The van der Waals surface area contributed by atoms with Gasteiger partial charge in [0.2, 0.25) is 5.91 Å². The first-order valence-corrected chi connectivity index (χ1v) is 18.5. The zero-order valence-electron chi connectivity index (χ0n) is 31.7.